The maximum absolute atomic E-state index is 12.2. The van der Waals surface area contributed by atoms with Gasteiger partial charge < -0.3 is 14.8 Å². The molecule has 8 heteroatoms. The summed E-state index contributed by atoms with van der Waals surface area (Å²) >= 11 is 0. The van der Waals surface area contributed by atoms with Gasteiger partial charge in [0, 0.05) is 30.6 Å². The average Bonchev–Trinajstić information content (AvgIpc) is 3.16. The van der Waals surface area contributed by atoms with E-state index in [2.05, 4.69) is 15.4 Å². The molecule has 0 unspecified atom stereocenters. The fraction of sp³-hybridized carbons (Fsp3) is 0.158. The fourth-order valence-electron chi connectivity index (χ4n) is 2.67. The molecule has 1 aliphatic rings. The largest absolute Gasteiger partial charge is 0.454 e. The van der Waals surface area contributed by atoms with Crippen molar-refractivity contribution in [1.29, 1.82) is 0 Å². The molecule has 27 heavy (non-hydrogen) atoms. The molecule has 1 amide bonds. The Bertz CT molecular complexity index is 1030. The molecule has 0 radical (unpaired) electrons. The zero-order valence-corrected chi connectivity index (χ0v) is 14.3. The van der Waals surface area contributed by atoms with Crippen molar-refractivity contribution in [2.75, 3.05) is 6.79 Å². The number of hydrogen-bond donors (Lipinski definition) is 1. The molecule has 3 heterocycles. The molecule has 0 fully saturated rings. The van der Waals surface area contributed by atoms with E-state index in [9.17, 15) is 9.59 Å². The minimum Gasteiger partial charge on any atom is -0.454 e. The first-order valence-corrected chi connectivity index (χ1v) is 8.33. The van der Waals surface area contributed by atoms with E-state index < -0.39 is 0 Å². The number of carbonyl (C=O) groups is 1. The van der Waals surface area contributed by atoms with Gasteiger partial charge in [-0.2, -0.15) is 5.10 Å². The second-order valence-corrected chi connectivity index (χ2v) is 5.92. The second-order valence-electron chi connectivity index (χ2n) is 5.92. The lowest BCUT2D eigenvalue weighted by Gasteiger charge is -2.09. The normalized spacial score (nSPS) is 12.0. The topological polar surface area (TPSA) is 95.3 Å². The maximum atomic E-state index is 12.2. The zero-order chi connectivity index (χ0) is 18.6. The van der Waals surface area contributed by atoms with Crippen molar-refractivity contribution in [1.82, 2.24) is 20.1 Å². The summed E-state index contributed by atoms with van der Waals surface area (Å²) in [5.41, 5.74) is 1.87. The van der Waals surface area contributed by atoms with Crippen molar-refractivity contribution in [3.63, 3.8) is 0 Å². The highest BCUT2D eigenvalue weighted by Gasteiger charge is 2.14. The van der Waals surface area contributed by atoms with Crippen LogP contribution in [0, 0.1) is 0 Å². The summed E-state index contributed by atoms with van der Waals surface area (Å²) in [6.07, 6.45) is 3.31. The minimum atomic E-state index is -0.346. The van der Waals surface area contributed by atoms with Crippen LogP contribution in [0.2, 0.25) is 0 Å². The highest BCUT2D eigenvalue weighted by molar-refractivity contribution is 5.75. The van der Waals surface area contributed by atoms with Crippen molar-refractivity contribution in [2.45, 2.75) is 13.1 Å². The molecule has 0 atom stereocenters. The van der Waals surface area contributed by atoms with Gasteiger partial charge in [-0.3, -0.25) is 14.6 Å². The molecule has 0 saturated carbocycles. The van der Waals surface area contributed by atoms with Gasteiger partial charge in [0.05, 0.1) is 5.69 Å². The zero-order valence-electron chi connectivity index (χ0n) is 14.3. The molecule has 8 nitrogen and oxygen atoms in total. The van der Waals surface area contributed by atoms with Crippen molar-refractivity contribution in [3.8, 4) is 22.8 Å². The Labute approximate surface area is 154 Å². The second kappa shape index (κ2) is 7.28. The molecule has 0 bridgehead atoms. The number of hydrogen-bond acceptors (Lipinski definition) is 6. The summed E-state index contributed by atoms with van der Waals surface area (Å²) in [5.74, 6) is 1.03. The number of aromatic nitrogens is 3. The van der Waals surface area contributed by atoms with Crippen molar-refractivity contribution < 1.29 is 14.3 Å². The quantitative estimate of drug-likeness (QED) is 0.734. The van der Waals surface area contributed by atoms with Crippen molar-refractivity contribution >= 4 is 5.91 Å². The van der Waals surface area contributed by atoms with Crippen LogP contribution in [0.5, 0.6) is 11.5 Å². The van der Waals surface area contributed by atoms with Crippen LogP contribution in [0.15, 0.2) is 59.7 Å². The molecule has 0 aliphatic carbocycles. The molecule has 136 valence electrons. The Balaban J connectivity index is 1.43. The summed E-state index contributed by atoms with van der Waals surface area (Å²) in [5, 5.41) is 7.03. The third-order valence-electron chi connectivity index (χ3n) is 4.04. The molecule has 0 spiro atoms. The van der Waals surface area contributed by atoms with Crippen LogP contribution in [-0.2, 0) is 17.9 Å². The number of nitrogens with one attached hydrogen (secondary N) is 1. The SMILES string of the molecule is O=C(Cn1nc(-c2cccnc2)ccc1=O)NCc1ccc2c(c1)OCO2. The first kappa shape index (κ1) is 16.8. The van der Waals surface area contributed by atoms with Crippen LogP contribution >= 0.6 is 0 Å². The Kier molecular flexibility index (Phi) is 4.52. The Hall–Kier alpha value is -3.68. The lowest BCUT2D eigenvalue weighted by molar-refractivity contribution is -0.122. The smallest absolute Gasteiger partial charge is 0.267 e. The van der Waals surface area contributed by atoms with E-state index in [1.807, 2.05) is 18.2 Å². The number of pyridine rings is 1. The summed E-state index contributed by atoms with van der Waals surface area (Å²) in [6.45, 7) is 0.344. The van der Waals surface area contributed by atoms with E-state index >= 15 is 0 Å². The van der Waals surface area contributed by atoms with Gasteiger partial charge in [-0.05, 0) is 35.9 Å². The molecular formula is C19H16N4O4. The van der Waals surface area contributed by atoms with E-state index in [0.29, 0.717) is 23.7 Å². The first-order valence-electron chi connectivity index (χ1n) is 8.33. The lowest BCUT2D eigenvalue weighted by atomic mass is 10.2. The van der Waals surface area contributed by atoms with Crippen LogP contribution in [-0.4, -0.2) is 27.5 Å². The van der Waals surface area contributed by atoms with Crippen LogP contribution in [0.1, 0.15) is 5.56 Å². The number of fused-ring (bicyclic) bond motifs is 1. The van der Waals surface area contributed by atoms with E-state index in [0.717, 1.165) is 15.8 Å². The van der Waals surface area contributed by atoms with E-state index in [1.165, 1.54) is 6.07 Å². The molecular weight excluding hydrogens is 348 g/mol. The number of amides is 1. The third kappa shape index (κ3) is 3.79. The van der Waals surface area contributed by atoms with E-state index in [1.54, 1.807) is 30.6 Å². The predicted octanol–water partition coefficient (Wildman–Crippen LogP) is 1.35. The number of rotatable bonds is 5. The van der Waals surface area contributed by atoms with Crippen molar-refractivity contribution in [3.05, 3.63) is 70.8 Å². The van der Waals surface area contributed by atoms with Gasteiger partial charge in [-0.1, -0.05) is 6.07 Å². The molecule has 1 aromatic carbocycles. The molecule has 2 aromatic heterocycles. The predicted molar refractivity (Wildman–Crippen MR) is 96.1 cm³/mol. The van der Waals surface area contributed by atoms with Gasteiger partial charge in [0.2, 0.25) is 12.7 Å². The molecule has 4 rings (SSSR count). The first-order chi connectivity index (χ1) is 13.2. The average molecular weight is 364 g/mol. The van der Waals surface area contributed by atoms with Gasteiger partial charge in [0.25, 0.3) is 5.56 Å². The van der Waals surface area contributed by atoms with Gasteiger partial charge in [0.15, 0.2) is 11.5 Å². The van der Waals surface area contributed by atoms with Crippen LogP contribution in [0.4, 0.5) is 0 Å². The molecule has 3 aromatic rings. The van der Waals surface area contributed by atoms with Crippen LogP contribution in [0.25, 0.3) is 11.3 Å². The Morgan fingerprint density at radius 3 is 2.89 bits per heavy atom. The number of benzene rings is 1. The third-order valence-corrected chi connectivity index (χ3v) is 4.04. The number of carbonyl (C=O) groups excluding carboxylic acids is 1. The van der Waals surface area contributed by atoms with Crippen LogP contribution in [0.3, 0.4) is 0 Å². The Morgan fingerprint density at radius 1 is 1.15 bits per heavy atom. The minimum absolute atomic E-state index is 0.169. The van der Waals surface area contributed by atoms with Gasteiger partial charge in [0.1, 0.15) is 6.54 Å². The summed E-state index contributed by atoms with van der Waals surface area (Å²) < 4.78 is 11.7. The summed E-state index contributed by atoms with van der Waals surface area (Å²) in [6, 6.07) is 12.1. The van der Waals surface area contributed by atoms with Gasteiger partial charge in [-0.25, -0.2) is 4.68 Å². The Morgan fingerprint density at radius 2 is 2.04 bits per heavy atom. The number of ether oxygens (including phenoxy) is 2. The van der Waals surface area contributed by atoms with Gasteiger partial charge in [-0.15, -0.1) is 0 Å². The van der Waals surface area contributed by atoms with E-state index in [4.69, 9.17) is 9.47 Å². The highest BCUT2D eigenvalue weighted by Crippen LogP contribution is 2.32. The standard InChI is InChI=1S/C19H16N4O4/c24-18(21-9-13-3-5-16-17(8-13)27-12-26-16)11-23-19(25)6-4-15(22-23)14-2-1-7-20-10-14/h1-8,10H,9,11-12H2,(H,21,24). The monoisotopic (exact) mass is 364 g/mol. The van der Waals surface area contributed by atoms with E-state index in [-0.39, 0.29) is 24.8 Å². The van der Waals surface area contributed by atoms with Crippen molar-refractivity contribution in [2.24, 2.45) is 0 Å². The molecule has 1 aliphatic heterocycles. The maximum Gasteiger partial charge on any atom is 0.267 e. The fourth-order valence-corrected chi connectivity index (χ4v) is 2.67. The van der Waals surface area contributed by atoms with Gasteiger partial charge >= 0.3 is 0 Å². The summed E-state index contributed by atoms with van der Waals surface area (Å²) in [4.78, 5) is 28.3. The summed E-state index contributed by atoms with van der Waals surface area (Å²) in [7, 11) is 0. The highest BCUT2D eigenvalue weighted by atomic mass is 16.7. The van der Waals surface area contributed by atoms with Crippen LogP contribution < -0.4 is 20.3 Å². The lowest BCUT2D eigenvalue weighted by Crippen LogP contribution is -2.33. The molecule has 1 N–H and O–H groups in total. The molecule has 0 saturated heterocycles. The number of nitrogens with zero attached hydrogens (tertiary/aromatic N) is 3.